The van der Waals surface area contributed by atoms with Crippen LogP contribution in [0.5, 0.6) is 0 Å². The third-order valence-corrected chi connectivity index (χ3v) is 5.51. The van der Waals surface area contributed by atoms with E-state index in [1.807, 2.05) is 6.92 Å². The fraction of sp³-hybridized carbons (Fsp3) is 0.562. The van der Waals surface area contributed by atoms with Crippen LogP contribution in [-0.2, 0) is 19.1 Å². The number of nitrogens with zero attached hydrogens (tertiary/aromatic N) is 2. The average Bonchev–Trinajstić information content (AvgIpc) is 3.12. The number of thiazole rings is 1. The Labute approximate surface area is 162 Å². The maximum Gasteiger partial charge on any atom is 0.311 e. The molecule has 0 spiro atoms. The van der Waals surface area contributed by atoms with Gasteiger partial charge < -0.3 is 20.3 Å². The van der Waals surface area contributed by atoms with Gasteiger partial charge >= 0.3 is 16.8 Å². The van der Waals surface area contributed by atoms with Crippen molar-refractivity contribution in [3.8, 4) is 0 Å². The van der Waals surface area contributed by atoms with Gasteiger partial charge in [-0.05, 0) is 12.8 Å². The van der Waals surface area contributed by atoms with Crippen molar-refractivity contribution in [2.45, 2.75) is 51.5 Å². The lowest BCUT2D eigenvalue weighted by Crippen LogP contribution is -2.31. The summed E-state index contributed by atoms with van der Waals surface area (Å²) in [4.78, 5) is 53.2. The Morgan fingerprint density at radius 1 is 1.50 bits per heavy atom. The highest BCUT2D eigenvalue weighted by Crippen LogP contribution is 2.40. The molecule has 0 bridgehead atoms. The Morgan fingerprint density at radius 2 is 2.21 bits per heavy atom. The molecule has 11 nitrogen and oxygen atoms in total. The number of carbonyl (C=O) groups excluding carboxylic acids is 1. The number of H-pyrrole nitrogens is 1. The van der Waals surface area contributed by atoms with Gasteiger partial charge in [-0.2, -0.15) is 4.98 Å². The van der Waals surface area contributed by atoms with Gasteiger partial charge in [-0.25, -0.2) is 0 Å². The molecule has 2 aromatic rings. The number of nitrogens with one attached hydrogen (secondary N) is 1. The number of aromatic nitrogens is 3. The molecule has 1 aliphatic heterocycles. The Hall–Kier alpha value is -2.73. The van der Waals surface area contributed by atoms with Crippen LogP contribution >= 0.6 is 11.3 Å². The van der Waals surface area contributed by atoms with E-state index in [4.69, 9.17) is 15.2 Å². The first-order valence-electron chi connectivity index (χ1n) is 8.66. The maximum atomic E-state index is 12.6. The number of carboxylic acids is 1. The highest BCUT2D eigenvalue weighted by molar-refractivity contribution is 7.16. The number of esters is 1. The number of fused-ring (bicyclic) bond motifs is 1. The second kappa shape index (κ2) is 7.72. The van der Waals surface area contributed by atoms with E-state index < -0.39 is 46.7 Å². The van der Waals surface area contributed by atoms with Crippen LogP contribution in [-0.4, -0.2) is 43.8 Å². The Bertz CT molecular complexity index is 1030. The number of hydrogen-bond acceptors (Lipinski definition) is 9. The van der Waals surface area contributed by atoms with Crippen LogP contribution in [0.3, 0.4) is 0 Å². The minimum absolute atomic E-state index is 0.0397. The van der Waals surface area contributed by atoms with Gasteiger partial charge in [0.1, 0.15) is 17.0 Å². The maximum absolute atomic E-state index is 12.6. The van der Waals surface area contributed by atoms with Gasteiger partial charge in [0, 0.05) is 12.8 Å². The van der Waals surface area contributed by atoms with Crippen LogP contribution < -0.4 is 16.2 Å². The van der Waals surface area contributed by atoms with E-state index in [1.165, 1.54) is 11.5 Å². The molecule has 12 heteroatoms. The topological polar surface area (TPSA) is 167 Å². The first-order chi connectivity index (χ1) is 13.2. The summed E-state index contributed by atoms with van der Waals surface area (Å²) in [7, 11) is 0. The van der Waals surface area contributed by atoms with Crippen LogP contribution in [0.25, 0.3) is 10.3 Å². The van der Waals surface area contributed by atoms with Gasteiger partial charge in [-0.3, -0.25) is 28.7 Å². The van der Waals surface area contributed by atoms with Gasteiger partial charge in [0.05, 0.1) is 12.5 Å². The van der Waals surface area contributed by atoms with Crippen LogP contribution in [0.2, 0.25) is 0 Å². The third kappa shape index (κ3) is 3.78. The van der Waals surface area contributed by atoms with Crippen molar-refractivity contribution in [3.05, 3.63) is 20.0 Å². The van der Waals surface area contributed by atoms with E-state index in [1.54, 1.807) is 0 Å². The van der Waals surface area contributed by atoms with Crippen LogP contribution in [0.4, 0.5) is 5.95 Å². The van der Waals surface area contributed by atoms with Crippen molar-refractivity contribution in [1.29, 1.82) is 0 Å². The summed E-state index contributed by atoms with van der Waals surface area (Å²) in [6.45, 7) is 3.09. The lowest BCUT2D eigenvalue weighted by molar-refractivity contribution is -0.156. The highest BCUT2D eigenvalue weighted by Gasteiger charge is 2.43. The summed E-state index contributed by atoms with van der Waals surface area (Å²) in [5.41, 5.74) is 5.08. The molecule has 4 N–H and O–H groups in total. The van der Waals surface area contributed by atoms with Gasteiger partial charge in [-0.15, -0.1) is 0 Å². The molecular formula is C16H20N4O7S. The van der Waals surface area contributed by atoms with Crippen LogP contribution in [0, 0.1) is 5.92 Å². The minimum Gasteiger partial charge on any atom is -0.481 e. The second-order valence-electron chi connectivity index (χ2n) is 6.56. The number of ether oxygens (including phenoxy) is 2. The summed E-state index contributed by atoms with van der Waals surface area (Å²) in [5, 5.41) is 9.27. The summed E-state index contributed by atoms with van der Waals surface area (Å²) in [5.74, 6) is -2.28. The highest BCUT2D eigenvalue weighted by atomic mass is 32.1. The standard InChI is InChI=1S/C16H20N4O7S/c1-3-8(26-6(2)21)9-4-7(5-10(22)23)14(27-9)20-12-11(28-16(20)25)13(24)19-15(17)18-12/h7-9,14H,3-5H2,1-2H3,(H,22,23)(H3,17,18,19,24)/t7-,8+,9+,14-/m1/s1. The number of carbonyl (C=O) groups is 2. The Balaban J connectivity index is 2.05. The van der Waals surface area contributed by atoms with Gasteiger partial charge in [0.25, 0.3) is 5.56 Å². The number of anilines is 1. The molecule has 3 heterocycles. The van der Waals surface area contributed by atoms with Crippen molar-refractivity contribution >= 4 is 39.6 Å². The SMILES string of the molecule is CC[C@H](OC(C)=O)[C@@H]1C[C@H](CC(=O)O)[C@H](n2c(=O)sc3c(=O)[nH]c(N)nc32)O1. The zero-order valence-corrected chi connectivity index (χ0v) is 16.0. The minimum atomic E-state index is -1.06. The number of hydrogen-bond donors (Lipinski definition) is 3. The molecule has 0 aromatic carbocycles. The Morgan fingerprint density at radius 3 is 2.82 bits per heavy atom. The van der Waals surface area contributed by atoms with Gasteiger partial charge in [-0.1, -0.05) is 18.3 Å². The number of nitrogen functional groups attached to an aromatic ring is 1. The molecule has 3 rings (SSSR count). The van der Waals surface area contributed by atoms with Crippen molar-refractivity contribution in [2.75, 3.05) is 5.73 Å². The summed E-state index contributed by atoms with van der Waals surface area (Å²) in [6.07, 6.45) is -1.68. The average molecular weight is 412 g/mol. The molecular weight excluding hydrogens is 392 g/mol. The molecule has 0 aliphatic carbocycles. The molecule has 0 saturated carbocycles. The van der Waals surface area contributed by atoms with Crippen molar-refractivity contribution in [2.24, 2.45) is 5.92 Å². The third-order valence-electron chi connectivity index (χ3n) is 4.57. The predicted octanol–water partition coefficient (Wildman–Crippen LogP) is 0.449. The number of nitrogens with two attached hydrogens (primary N) is 1. The molecule has 4 atom stereocenters. The number of carboxylic acid groups (broad SMARTS) is 1. The second-order valence-corrected chi connectivity index (χ2v) is 7.52. The van der Waals surface area contributed by atoms with E-state index in [2.05, 4.69) is 9.97 Å². The van der Waals surface area contributed by atoms with Crippen LogP contribution in [0.15, 0.2) is 9.59 Å². The predicted molar refractivity (Wildman–Crippen MR) is 99.0 cm³/mol. The van der Waals surface area contributed by atoms with Crippen molar-refractivity contribution in [3.63, 3.8) is 0 Å². The summed E-state index contributed by atoms with van der Waals surface area (Å²) >= 11 is 0.681. The zero-order chi connectivity index (χ0) is 20.6. The zero-order valence-electron chi connectivity index (χ0n) is 15.2. The largest absolute Gasteiger partial charge is 0.481 e. The van der Waals surface area contributed by atoms with Gasteiger partial charge in [0.15, 0.2) is 5.65 Å². The first-order valence-corrected chi connectivity index (χ1v) is 9.48. The molecule has 1 fully saturated rings. The van der Waals surface area contributed by atoms with Crippen LogP contribution in [0.1, 0.15) is 39.3 Å². The molecule has 2 aromatic heterocycles. The number of rotatable bonds is 6. The molecule has 152 valence electrons. The van der Waals surface area contributed by atoms with E-state index in [-0.39, 0.29) is 29.1 Å². The molecule has 28 heavy (non-hydrogen) atoms. The van der Waals surface area contributed by atoms with E-state index in [0.29, 0.717) is 17.8 Å². The van der Waals surface area contributed by atoms with Crippen molar-refractivity contribution in [1.82, 2.24) is 14.5 Å². The quantitative estimate of drug-likeness (QED) is 0.571. The normalized spacial score (nSPS) is 23.0. The first kappa shape index (κ1) is 20.0. The summed E-state index contributed by atoms with van der Waals surface area (Å²) < 4.78 is 12.5. The van der Waals surface area contributed by atoms with E-state index in [9.17, 15) is 24.3 Å². The fourth-order valence-electron chi connectivity index (χ4n) is 3.49. The van der Waals surface area contributed by atoms with Crippen molar-refractivity contribution < 1.29 is 24.2 Å². The lowest BCUT2D eigenvalue weighted by atomic mass is 9.96. The molecule has 0 amide bonds. The Kier molecular flexibility index (Phi) is 5.52. The molecule has 0 unspecified atom stereocenters. The fourth-order valence-corrected chi connectivity index (χ4v) is 4.33. The van der Waals surface area contributed by atoms with E-state index in [0.717, 1.165) is 0 Å². The smallest absolute Gasteiger partial charge is 0.311 e. The number of aromatic amines is 1. The molecule has 1 saturated heterocycles. The lowest BCUT2D eigenvalue weighted by Gasteiger charge is -2.22. The van der Waals surface area contributed by atoms with Gasteiger partial charge in [0.2, 0.25) is 5.95 Å². The summed E-state index contributed by atoms with van der Waals surface area (Å²) in [6, 6.07) is 0. The molecule has 0 radical (unpaired) electrons. The van der Waals surface area contributed by atoms with E-state index >= 15 is 0 Å². The monoisotopic (exact) mass is 412 g/mol. The number of aliphatic carboxylic acids is 1. The molecule has 1 aliphatic rings.